The summed E-state index contributed by atoms with van der Waals surface area (Å²) >= 11 is 0. The molecule has 0 aliphatic carbocycles. The minimum atomic E-state index is -4.39. The Kier molecular flexibility index (Phi) is 4.76. The first kappa shape index (κ1) is 17.4. The maximum atomic E-state index is 12.7. The lowest BCUT2D eigenvalue weighted by molar-refractivity contribution is -0.137. The van der Waals surface area contributed by atoms with Crippen LogP contribution in [0.4, 0.5) is 24.8 Å². The number of anilines is 2. The van der Waals surface area contributed by atoms with Gasteiger partial charge in [-0.15, -0.1) is 0 Å². The van der Waals surface area contributed by atoms with E-state index in [-0.39, 0.29) is 6.10 Å². The van der Waals surface area contributed by atoms with Gasteiger partial charge in [-0.25, -0.2) is 9.97 Å². The fourth-order valence-corrected chi connectivity index (χ4v) is 2.68. The first-order valence-corrected chi connectivity index (χ1v) is 7.74. The van der Waals surface area contributed by atoms with Crippen molar-refractivity contribution in [1.82, 2.24) is 15.0 Å². The van der Waals surface area contributed by atoms with Crippen molar-refractivity contribution in [3.8, 4) is 0 Å². The molecule has 0 bridgehead atoms. The van der Waals surface area contributed by atoms with Crippen LogP contribution in [-0.4, -0.2) is 48.7 Å². The van der Waals surface area contributed by atoms with Crippen LogP contribution in [-0.2, 0) is 10.9 Å². The number of hydrogen-bond donors (Lipinski definition) is 0. The first-order valence-electron chi connectivity index (χ1n) is 7.74. The van der Waals surface area contributed by atoms with E-state index in [0.717, 1.165) is 12.3 Å². The molecule has 0 N–H and O–H groups in total. The van der Waals surface area contributed by atoms with Crippen LogP contribution in [0.2, 0.25) is 0 Å². The molecule has 1 fully saturated rings. The van der Waals surface area contributed by atoms with Crippen molar-refractivity contribution in [3.05, 3.63) is 42.0 Å². The van der Waals surface area contributed by atoms with Gasteiger partial charge in [0.15, 0.2) is 5.82 Å². The van der Waals surface area contributed by atoms with Crippen molar-refractivity contribution in [3.63, 3.8) is 0 Å². The van der Waals surface area contributed by atoms with E-state index in [4.69, 9.17) is 4.74 Å². The molecule has 2 aromatic heterocycles. The predicted molar refractivity (Wildman–Crippen MR) is 86.5 cm³/mol. The van der Waals surface area contributed by atoms with E-state index in [1.807, 2.05) is 23.9 Å². The first-order chi connectivity index (χ1) is 11.9. The van der Waals surface area contributed by atoms with Gasteiger partial charge in [-0.3, -0.25) is 4.98 Å². The smallest absolute Gasteiger partial charge is 0.368 e. The number of rotatable bonds is 3. The Morgan fingerprint density at radius 1 is 1.16 bits per heavy atom. The molecular weight excluding hydrogens is 335 g/mol. The molecule has 134 valence electrons. The molecule has 0 saturated carbocycles. The highest BCUT2D eigenvalue weighted by atomic mass is 19.4. The summed E-state index contributed by atoms with van der Waals surface area (Å²) in [6, 6.07) is 2.43. The fourth-order valence-electron chi connectivity index (χ4n) is 2.68. The van der Waals surface area contributed by atoms with Crippen LogP contribution < -0.4 is 9.80 Å². The number of hydrogen-bond acceptors (Lipinski definition) is 6. The van der Waals surface area contributed by atoms with Crippen LogP contribution in [0.3, 0.4) is 0 Å². The Balaban J connectivity index is 1.80. The van der Waals surface area contributed by atoms with Crippen LogP contribution in [0.25, 0.3) is 0 Å². The highest BCUT2D eigenvalue weighted by Crippen LogP contribution is 2.31. The van der Waals surface area contributed by atoms with E-state index < -0.39 is 11.7 Å². The molecule has 1 saturated heterocycles. The largest absolute Gasteiger partial charge is 0.417 e. The summed E-state index contributed by atoms with van der Waals surface area (Å²) in [4.78, 5) is 16.4. The zero-order valence-electron chi connectivity index (χ0n) is 13.9. The summed E-state index contributed by atoms with van der Waals surface area (Å²) in [6.45, 7) is 1.42. The lowest BCUT2D eigenvalue weighted by Gasteiger charge is -2.34. The molecule has 0 aromatic carbocycles. The van der Waals surface area contributed by atoms with Crippen molar-refractivity contribution in [2.45, 2.75) is 12.3 Å². The quantitative estimate of drug-likeness (QED) is 0.845. The van der Waals surface area contributed by atoms with Crippen molar-refractivity contribution < 1.29 is 17.9 Å². The average molecular weight is 353 g/mol. The summed E-state index contributed by atoms with van der Waals surface area (Å²) in [5, 5.41) is 0. The second kappa shape index (κ2) is 6.83. The molecule has 9 heteroatoms. The van der Waals surface area contributed by atoms with E-state index in [1.54, 1.807) is 12.4 Å². The number of morpholine rings is 1. The van der Waals surface area contributed by atoms with Crippen molar-refractivity contribution in [2.75, 3.05) is 43.6 Å². The Bertz CT molecular complexity index is 720. The second-order valence-corrected chi connectivity index (χ2v) is 5.87. The molecule has 25 heavy (non-hydrogen) atoms. The van der Waals surface area contributed by atoms with Crippen LogP contribution >= 0.6 is 0 Å². The maximum Gasteiger partial charge on any atom is 0.417 e. The maximum absolute atomic E-state index is 12.7. The van der Waals surface area contributed by atoms with Gasteiger partial charge in [0.2, 0.25) is 0 Å². The molecule has 0 amide bonds. The molecule has 6 nitrogen and oxygen atoms in total. The third-order valence-electron chi connectivity index (χ3n) is 3.90. The van der Waals surface area contributed by atoms with Crippen molar-refractivity contribution >= 4 is 11.6 Å². The number of pyridine rings is 1. The third-order valence-corrected chi connectivity index (χ3v) is 3.90. The molecule has 2 aromatic rings. The highest BCUT2D eigenvalue weighted by molar-refractivity contribution is 5.45. The Morgan fingerprint density at radius 2 is 1.92 bits per heavy atom. The molecule has 1 aliphatic rings. The summed E-state index contributed by atoms with van der Waals surface area (Å²) in [5.74, 6) is 1.19. The average Bonchev–Trinajstić information content (AvgIpc) is 2.61. The number of aromatic nitrogens is 3. The van der Waals surface area contributed by atoms with Crippen LogP contribution in [0.15, 0.2) is 30.7 Å². The zero-order chi connectivity index (χ0) is 18.0. The molecule has 0 unspecified atom stereocenters. The summed E-state index contributed by atoms with van der Waals surface area (Å²) in [6.07, 6.45) is -0.659. The van der Waals surface area contributed by atoms with Crippen molar-refractivity contribution in [2.24, 2.45) is 0 Å². The van der Waals surface area contributed by atoms with Crippen LogP contribution in [0, 0.1) is 0 Å². The van der Waals surface area contributed by atoms with Gasteiger partial charge in [0.25, 0.3) is 0 Å². The van der Waals surface area contributed by atoms with Gasteiger partial charge < -0.3 is 14.5 Å². The fraction of sp³-hybridized carbons (Fsp3) is 0.438. The molecular formula is C16H18F3N5O. The molecule has 0 spiro atoms. The minimum Gasteiger partial charge on any atom is -0.368 e. The number of halogens is 3. The number of alkyl halides is 3. The van der Waals surface area contributed by atoms with Crippen LogP contribution in [0.1, 0.15) is 17.4 Å². The number of nitrogens with zero attached hydrogens (tertiary/aromatic N) is 5. The standard InChI is InChI=1S/C16H18F3N5O/c1-23(2)15-14(20-5-6-21-15)12-10-24(7-8-25-12)13-4-3-11(9-22-13)16(17,18)19/h3-6,9,12H,7-8,10H2,1-2H3/t12-/m0/s1. The summed E-state index contributed by atoms with van der Waals surface area (Å²) in [7, 11) is 3.73. The Morgan fingerprint density at radius 3 is 2.56 bits per heavy atom. The van der Waals surface area contributed by atoms with Gasteiger partial charge in [-0.1, -0.05) is 0 Å². The lowest BCUT2D eigenvalue weighted by atomic mass is 10.2. The third kappa shape index (κ3) is 3.81. The van der Waals surface area contributed by atoms with Gasteiger partial charge in [0.1, 0.15) is 17.6 Å². The highest BCUT2D eigenvalue weighted by Gasteiger charge is 2.32. The van der Waals surface area contributed by atoms with Gasteiger partial charge in [-0.2, -0.15) is 13.2 Å². The Labute approximate surface area is 143 Å². The van der Waals surface area contributed by atoms with Gasteiger partial charge in [0, 0.05) is 39.2 Å². The summed E-state index contributed by atoms with van der Waals surface area (Å²) in [5.41, 5.74) is -0.0611. The molecule has 0 radical (unpaired) electrons. The van der Waals surface area contributed by atoms with E-state index in [0.29, 0.717) is 37.0 Å². The lowest BCUT2D eigenvalue weighted by Crippen LogP contribution is -2.39. The van der Waals surface area contributed by atoms with E-state index >= 15 is 0 Å². The molecule has 3 heterocycles. The Hall–Kier alpha value is -2.42. The SMILES string of the molecule is CN(C)c1nccnc1[C@@H]1CN(c2ccc(C(F)(F)F)cn2)CCO1. The minimum absolute atomic E-state index is 0.330. The molecule has 1 aliphatic heterocycles. The molecule has 1 atom stereocenters. The monoisotopic (exact) mass is 353 g/mol. The predicted octanol–water partition coefficient (Wildman–Crippen LogP) is 2.53. The van der Waals surface area contributed by atoms with E-state index in [9.17, 15) is 13.2 Å². The molecule has 3 rings (SSSR count). The second-order valence-electron chi connectivity index (χ2n) is 5.87. The zero-order valence-corrected chi connectivity index (χ0v) is 13.9. The van der Waals surface area contributed by atoms with Gasteiger partial charge >= 0.3 is 6.18 Å². The van der Waals surface area contributed by atoms with Crippen molar-refractivity contribution in [1.29, 1.82) is 0 Å². The van der Waals surface area contributed by atoms with E-state index in [2.05, 4.69) is 15.0 Å². The number of ether oxygens (including phenoxy) is 1. The normalized spacial score (nSPS) is 18.3. The van der Waals surface area contributed by atoms with Gasteiger partial charge in [0.05, 0.1) is 18.7 Å². The summed E-state index contributed by atoms with van der Waals surface area (Å²) < 4.78 is 43.8. The van der Waals surface area contributed by atoms with E-state index in [1.165, 1.54) is 6.07 Å². The topological polar surface area (TPSA) is 54.4 Å². The van der Waals surface area contributed by atoms with Gasteiger partial charge in [-0.05, 0) is 12.1 Å². The van der Waals surface area contributed by atoms with Crippen LogP contribution in [0.5, 0.6) is 0 Å².